The minimum atomic E-state index is -3.78. The number of halogens is 4. The second-order valence-corrected chi connectivity index (χ2v) is 3.84. The number of alkyl halides is 3. The van der Waals surface area contributed by atoms with Crippen LogP contribution in [0.15, 0.2) is 22.8 Å². The van der Waals surface area contributed by atoms with Crippen molar-refractivity contribution in [3.63, 3.8) is 0 Å². The molecule has 1 aromatic rings. The van der Waals surface area contributed by atoms with Gasteiger partial charge in [-0.1, -0.05) is 0 Å². The summed E-state index contributed by atoms with van der Waals surface area (Å²) in [5.41, 5.74) is -0.237. The lowest BCUT2D eigenvalue weighted by molar-refractivity contribution is 0.169. The molecule has 0 fully saturated rings. The van der Waals surface area contributed by atoms with E-state index in [9.17, 15) is 8.78 Å². The highest BCUT2D eigenvalue weighted by molar-refractivity contribution is 9.10. The minimum Gasteiger partial charge on any atom is -0.284 e. The first kappa shape index (κ1) is 11.3. The Morgan fingerprint density at radius 1 is 1.50 bits per heavy atom. The van der Waals surface area contributed by atoms with Crippen molar-refractivity contribution in [2.75, 3.05) is 0 Å². The number of rotatable bonds is 1. The first-order valence-corrected chi connectivity index (χ1v) is 4.58. The zero-order valence-electron chi connectivity index (χ0n) is 6.69. The quantitative estimate of drug-likeness (QED) is 0.452. The summed E-state index contributed by atoms with van der Waals surface area (Å²) in [5.74, 6) is -1.15. The average molecular weight is 284 g/mol. The van der Waals surface area contributed by atoms with Gasteiger partial charge in [-0.15, -0.1) is 0 Å². The van der Waals surface area contributed by atoms with E-state index in [0.29, 0.717) is 9.04 Å². The maximum Gasteiger partial charge on any atom is 0.379 e. The van der Waals surface area contributed by atoms with Gasteiger partial charge in [-0.3, -0.25) is 15.4 Å². The molecule has 0 radical (unpaired) electrons. The van der Waals surface area contributed by atoms with Crippen molar-refractivity contribution in [2.45, 2.75) is 5.38 Å². The van der Waals surface area contributed by atoms with Gasteiger partial charge >= 0.3 is 5.38 Å². The standard InChI is InChI=1S/C7H5BrClF2N3/c8-4-1-2-5(12)14(3-4)6(13)7(9,10)11/h1-3,12-13H. The topological polar surface area (TPSA) is 52.6 Å². The molecule has 0 unspecified atom stereocenters. The van der Waals surface area contributed by atoms with Gasteiger partial charge in [0.2, 0.25) is 0 Å². The van der Waals surface area contributed by atoms with Crippen LogP contribution in [0.5, 0.6) is 0 Å². The molecule has 7 heteroatoms. The van der Waals surface area contributed by atoms with Crippen molar-refractivity contribution >= 4 is 33.4 Å². The third-order valence-corrected chi connectivity index (χ3v) is 2.07. The van der Waals surface area contributed by atoms with Gasteiger partial charge in [-0.25, -0.2) is 0 Å². The van der Waals surface area contributed by atoms with Gasteiger partial charge < -0.3 is 0 Å². The molecule has 0 saturated carbocycles. The molecule has 3 nitrogen and oxygen atoms in total. The fourth-order valence-corrected chi connectivity index (χ4v) is 1.22. The molecular formula is C7H5BrClF2N3. The summed E-state index contributed by atoms with van der Waals surface area (Å²) < 4.78 is 26.2. The highest BCUT2D eigenvalue weighted by Crippen LogP contribution is 2.20. The van der Waals surface area contributed by atoms with Crippen LogP contribution in [0, 0.1) is 10.8 Å². The van der Waals surface area contributed by atoms with Gasteiger partial charge in [0.15, 0.2) is 5.84 Å². The molecule has 14 heavy (non-hydrogen) atoms. The molecule has 0 aliphatic carbocycles. The third kappa shape index (κ3) is 2.39. The van der Waals surface area contributed by atoms with Crippen molar-refractivity contribution in [1.29, 1.82) is 10.8 Å². The van der Waals surface area contributed by atoms with E-state index >= 15 is 0 Å². The smallest absolute Gasteiger partial charge is 0.284 e. The summed E-state index contributed by atoms with van der Waals surface area (Å²) in [6.07, 6.45) is 1.18. The van der Waals surface area contributed by atoms with Gasteiger partial charge in [-0.05, 0) is 39.7 Å². The van der Waals surface area contributed by atoms with Crippen LogP contribution in [-0.2, 0) is 0 Å². The maximum absolute atomic E-state index is 12.5. The highest BCUT2D eigenvalue weighted by atomic mass is 79.9. The van der Waals surface area contributed by atoms with E-state index in [1.54, 1.807) is 0 Å². The van der Waals surface area contributed by atoms with Gasteiger partial charge in [0.25, 0.3) is 0 Å². The molecular weight excluding hydrogens is 279 g/mol. The normalized spacial score (nSPS) is 11.4. The van der Waals surface area contributed by atoms with E-state index in [-0.39, 0.29) is 5.49 Å². The van der Waals surface area contributed by atoms with E-state index in [4.69, 9.17) is 10.8 Å². The third-order valence-electron chi connectivity index (χ3n) is 1.42. The Balaban J connectivity index is 3.27. The molecule has 0 aliphatic rings. The van der Waals surface area contributed by atoms with Crippen molar-refractivity contribution in [3.05, 3.63) is 28.3 Å². The van der Waals surface area contributed by atoms with Crippen LogP contribution < -0.4 is 5.49 Å². The van der Waals surface area contributed by atoms with Crippen LogP contribution in [0.2, 0.25) is 0 Å². The van der Waals surface area contributed by atoms with Crippen molar-refractivity contribution in [1.82, 2.24) is 4.57 Å². The maximum atomic E-state index is 12.5. The minimum absolute atomic E-state index is 0.237. The molecule has 2 N–H and O–H groups in total. The van der Waals surface area contributed by atoms with Gasteiger partial charge in [0, 0.05) is 10.7 Å². The van der Waals surface area contributed by atoms with Crippen molar-refractivity contribution in [3.8, 4) is 0 Å². The number of hydrogen-bond donors (Lipinski definition) is 2. The molecule has 76 valence electrons. The Hall–Kier alpha value is -0.750. The first-order chi connectivity index (χ1) is 6.32. The van der Waals surface area contributed by atoms with Crippen LogP contribution >= 0.6 is 27.5 Å². The van der Waals surface area contributed by atoms with E-state index in [0.717, 1.165) is 0 Å². The predicted octanol–water partition coefficient (Wildman–Crippen LogP) is 2.39. The lowest BCUT2D eigenvalue weighted by Gasteiger charge is -2.12. The van der Waals surface area contributed by atoms with Gasteiger partial charge in [-0.2, -0.15) is 8.78 Å². The van der Waals surface area contributed by atoms with Crippen LogP contribution in [-0.4, -0.2) is 15.8 Å². The summed E-state index contributed by atoms with van der Waals surface area (Å²) in [7, 11) is 0. The largest absolute Gasteiger partial charge is 0.379 e. The van der Waals surface area contributed by atoms with Crippen LogP contribution in [0.4, 0.5) is 8.78 Å². The lowest BCUT2D eigenvalue weighted by atomic mass is 10.4. The number of hydrogen-bond acceptors (Lipinski definition) is 2. The Morgan fingerprint density at radius 3 is 2.57 bits per heavy atom. The average Bonchev–Trinajstić information content (AvgIpc) is 2.06. The molecule has 0 aromatic carbocycles. The van der Waals surface area contributed by atoms with Crippen LogP contribution in [0.25, 0.3) is 0 Å². The molecule has 0 amide bonds. The number of nitrogens with zero attached hydrogens (tertiary/aromatic N) is 1. The van der Waals surface area contributed by atoms with Crippen LogP contribution in [0.1, 0.15) is 0 Å². The van der Waals surface area contributed by atoms with Gasteiger partial charge in [0.1, 0.15) is 5.49 Å². The SMILES string of the molecule is N=C(n1cc(Br)ccc1=N)C(F)(F)Cl. The Labute approximate surface area is 91.5 Å². The summed E-state index contributed by atoms with van der Waals surface area (Å²) >= 11 is 7.71. The molecule has 1 aromatic heterocycles. The van der Waals surface area contributed by atoms with Crippen LogP contribution in [0.3, 0.4) is 0 Å². The first-order valence-electron chi connectivity index (χ1n) is 3.41. The fraction of sp³-hybridized carbons (Fsp3) is 0.143. The summed E-state index contributed by atoms with van der Waals surface area (Å²) in [6.45, 7) is 0. The lowest BCUT2D eigenvalue weighted by Crippen LogP contribution is -2.35. The van der Waals surface area contributed by atoms with Crippen molar-refractivity contribution in [2.24, 2.45) is 0 Å². The second kappa shape index (κ2) is 3.78. The van der Waals surface area contributed by atoms with Gasteiger partial charge in [0.05, 0.1) is 0 Å². The summed E-state index contributed by atoms with van der Waals surface area (Å²) in [6, 6.07) is 2.79. The van der Waals surface area contributed by atoms with E-state index in [1.807, 2.05) is 0 Å². The molecule has 0 aliphatic heterocycles. The summed E-state index contributed by atoms with van der Waals surface area (Å²) in [5, 5.41) is 10.6. The number of aromatic nitrogens is 1. The Kier molecular flexibility index (Phi) is 3.06. The zero-order chi connectivity index (χ0) is 10.9. The molecule has 0 bridgehead atoms. The second-order valence-electron chi connectivity index (χ2n) is 2.45. The monoisotopic (exact) mass is 283 g/mol. The Bertz CT molecular complexity index is 424. The molecule has 1 heterocycles. The van der Waals surface area contributed by atoms with E-state index < -0.39 is 11.2 Å². The fourth-order valence-electron chi connectivity index (χ4n) is 0.796. The van der Waals surface area contributed by atoms with E-state index in [2.05, 4.69) is 27.5 Å². The van der Waals surface area contributed by atoms with Crippen molar-refractivity contribution < 1.29 is 8.78 Å². The van der Waals surface area contributed by atoms with E-state index in [1.165, 1.54) is 18.3 Å². The molecule has 0 spiro atoms. The zero-order valence-corrected chi connectivity index (χ0v) is 9.03. The number of pyridine rings is 1. The Morgan fingerprint density at radius 2 is 2.07 bits per heavy atom. The molecule has 0 saturated heterocycles. The summed E-state index contributed by atoms with van der Waals surface area (Å²) in [4.78, 5) is 0. The number of nitrogens with one attached hydrogen (secondary N) is 2. The molecule has 1 rings (SSSR count). The predicted molar refractivity (Wildman–Crippen MR) is 51.9 cm³/mol. The highest BCUT2D eigenvalue weighted by Gasteiger charge is 2.33. The molecule has 0 atom stereocenters.